The molecule has 0 saturated carbocycles. The average Bonchev–Trinajstić information content (AvgIpc) is 3.55. The minimum absolute atomic E-state index is 0.928. The van der Waals surface area contributed by atoms with Crippen LogP contribution in [0.15, 0.2) is 158 Å². The highest BCUT2D eigenvalue weighted by atomic mass is 32.1. The molecule has 11 rings (SSSR count). The number of fused-ring (bicyclic) bond motifs is 6. The number of aromatic nitrogens is 2. The van der Waals surface area contributed by atoms with Crippen LogP contribution in [0.4, 0.5) is 0 Å². The molecule has 0 bridgehead atoms. The molecule has 226 valence electrons. The van der Waals surface area contributed by atoms with E-state index in [4.69, 9.17) is 9.97 Å². The minimum atomic E-state index is 0.928. The van der Waals surface area contributed by atoms with Gasteiger partial charge in [-0.1, -0.05) is 127 Å². The summed E-state index contributed by atoms with van der Waals surface area (Å²) in [5, 5.41) is 12.4. The molecule has 49 heavy (non-hydrogen) atoms. The maximum Gasteiger partial charge on any atom is 0.0972 e. The van der Waals surface area contributed by atoms with Crippen LogP contribution in [0.25, 0.3) is 108 Å². The molecule has 3 aromatic heterocycles. The molecular formula is C46H26N2S. The summed E-state index contributed by atoms with van der Waals surface area (Å²) in [4.78, 5) is 10.5. The normalized spacial score (nSPS) is 12.1. The molecule has 0 aliphatic heterocycles. The Bertz CT molecular complexity index is 3100. The van der Waals surface area contributed by atoms with E-state index in [1.165, 1.54) is 63.6 Å². The number of hydrogen-bond acceptors (Lipinski definition) is 3. The van der Waals surface area contributed by atoms with E-state index in [2.05, 4.69) is 152 Å². The number of hydrogen-bond donors (Lipinski definition) is 0. The van der Waals surface area contributed by atoms with Crippen molar-refractivity contribution in [1.82, 2.24) is 9.97 Å². The van der Waals surface area contributed by atoms with Gasteiger partial charge in [-0.05, 0) is 73.8 Å². The van der Waals surface area contributed by atoms with Gasteiger partial charge in [0.15, 0.2) is 0 Å². The molecule has 3 heterocycles. The van der Waals surface area contributed by atoms with E-state index < -0.39 is 0 Å². The molecule has 8 aromatic carbocycles. The summed E-state index contributed by atoms with van der Waals surface area (Å²) in [5.41, 5.74) is 8.52. The van der Waals surface area contributed by atoms with Gasteiger partial charge in [0.2, 0.25) is 0 Å². The van der Waals surface area contributed by atoms with Crippen LogP contribution >= 0.6 is 11.3 Å². The third-order valence-electron chi connectivity index (χ3n) is 10.2. The fraction of sp³-hybridized carbons (Fsp3) is 0. The summed E-state index contributed by atoms with van der Waals surface area (Å²) in [6.45, 7) is 0. The van der Waals surface area contributed by atoms with Crippen LogP contribution < -0.4 is 0 Å². The Morgan fingerprint density at radius 2 is 0.918 bits per heavy atom. The quantitative estimate of drug-likeness (QED) is 0.180. The fourth-order valence-electron chi connectivity index (χ4n) is 7.86. The van der Waals surface area contributed by atoms with Gasteiger partial charge in [0.25, 0.3) is 0 Å². The van der Waals surface area contributed by atoms with E-state index in [0.29, 0.717) is 0 Å². The fourth-order valence-corrected chi connectivity index (χ4v) is 8.94. The zero-order valence-corrected chi connectivity index (χ0v) is 27.1. The predicted molar refractivity (Wildman–Crippen MR) is 210 cm³/mol. The maximum atomic E-state index is 5.34. The van der Waals surface area contributed by atoms with Gasteiger partial charge in [-0.25, -0.2) is 9.97 Å². The Hall–Kier alpha value is -6.16. The highest BCUT2D eigenvalue weighted by Gasteiger charge is 2.17. The van der Waals surface area contributed by atoms with Gasteiger partial charge in [-0.15, -0.1) is 11.3 Å². The first kappa shape index (κ1) is 26.9. The molecule has 0 fully saturated rings. The first-order valence-electron chi connectivity index (χ1n) is 16.7. The van der Waals surface area contributed by atoms with Crippen LogP contribution in [0, 0.1) is 0 Å². The lowest BCUT2D eigenvalue weighted by Gasteiger charge is -2.16. The van der Waals surface area contributed by atoms with Crippen LogP contribution in [0.2, 0.25) is 0 Å². The van der Waals surface area contributed by atoms with E-state index >= 15 is 0 Å². The van der Waals surface area contributed by atoms with Crippen molar-refractivity contribution < 1.29 is 0 Å². The Morgan fingerprint density at radius 1 is 0.347 bits per heavy atom. The van der Waals surface area contributed by atoms with E-state index in [-0.39, 0.29) is 0 Å². The zero-order valence-electron chi connectivity index (χ0n) is 26.3. The van der Waals surface area contributed by atoms with Crippen molar-refractivity contribution >= 4 is 85.6 Å². The van der Waals surface area contributed by atoms with Crippen LogP contribution in [-0.2, 0) is 0 Å². The first-order valence-corrected chi connectivity index (χ1v) is 17.5. The van der Waals surface area contributed by atoms with Crippen molar-refractivity contribution in [2.75, 3.05) is 0 Å². The number of nitrogens with zero attached hydrogens (tertiary/aromatic N) is 2. The van der Waals surface area contributed by atoms with Crippen molar-refractivity contribution in [2.45, 2.75) is 0 Å². The number of rotatable bonds is 3. The van der Waals surface area contributed by atoms with Gasteiger partial charge in [0, 0.05) is 42.1 Å². The molecule has 2 nitrogen and oxygen atoms in total. The summed E-state index contributed by atoms with van der Waals surface area (Å²) in [6.07, 6.45) is 0. The van der Waals surface area contributed by atoms with Crippen molar-refractivity contribution in [2.24, 2.45) is 0 Å². The Kier molecular flexibility index (Phi) is 5.57. The molecular weight excluding hydrogens is 613 g/mol. The Morgan fingerprint density at radius 3 is 1.69 bits per heavy atom. The van der Waals surface area contributed by atoms with Gasteiger partial charge >= 0.3 is 0 Å². The van der Waals surface area contributed by atoms with Gasteiger partial charge in [-0.2, -0.15) is 0 Å². The van der Waals surface area contributed by atoms with E-state index in [9.17, 15) is 0 Å². The van der Waals surface area contributed by atoms with Crippen molar-refractivity contribution in [3.63, 3.8) is 0 Å². The number of thiophene rings is 1. The van der Waals surface area contributed by atoms with Gasteiger partial charge in [-0.3, -0.25) is 0 Å². The second-order valence-electron chi connectivity index (χ2n) is 12.9. The molecule has 0 N–H and O–H groups in total. The van der Waals surface area contributed by atoms with E-state index in [1.807, 2.05) is 17.4 Å². The molecule has 0 saturated heterocycles. The lowest BCUT2D eigenvalue weighted by Crippen LogP contribution is -1.93. The van der Waals surface area contributed by atoms with Crippen LogP contribution in [-0.4, -0.2) is 9.97 Å². The number of pyridine rings is 2. The molecule has 0 atom stereocenters. The Balaban J connectivity index is 1.12. The van der Waals surface area contributed by atoms with Gasteiger partial charge < -0.3 is 0 Å². The van der Waals surface area contributed by atoms with Crippen LogP contribution in [0.3, 0.4) is 0 Å². The third-order valence-corrected chi connectivity index (χ3v) is 11.4. The minimum Gasteiger partial charge on any atom is -0.245 e. The monoisotopic (exact) mass is 638 g/mol. The summed E-state index contributed by atoms with van der Waals surface area (Å²) in [5.74, 6) is 0. The lowest BCUT2D eigenvalue weighted by atomic mass is 9.87. The lowest BCUT2D eigenvalue weighted by molar-refractivity contribution is 1.37. The van der Waals surface area contributed by atoms with E-state index in [0.717, 1.165) is 44.3 Å². The van der Waals surface area contributed by atoms with Crippen molar-refractivity contribution in [3.05, 3.63) is 158 Å². The summed E-state index contributed by atoms with van der Waals surface area (Å²) >= 11 is 1.87. The van der Waals surface area contributed by atoms with Crippen LogP contribution in [0.1, 0.15) is 0 Å². The molecule has 0 spiro atoms. The molecule has 0 amide bonds. The topological polar surface area (TPSA) is 25.8 Å². The molecule has 11 aromatic rings. The zero-order chi connectivity index (χ0) is 32.1. The van der Waals surface area contributed by atoms with Crippen molar-refractivity contribution in [3.8, 4) is 33.6 Å². The number of benzene rings is 8. The smallest absolute Gasteiger partial charge is 0.0972 e. The van der Waals surface area contributed by atoms with Crippen LogP contribution in [0.5, 0.6) is 0 Å². The maximum absolute atomic E-state index is 5.34. The molecule has 0 aliphatic carbocycles. The molecule has 0 radical (unpaired) electrons. The molecule has 0 unspecified atom stereocenters. The second kappa shape index (κ2) is 10.2. The van der Waals surface area contributed by atoms with Crippen molar-refractivity contribution in [1.29, 1.82) is 0 Å². The van der Waals surface area contributed by atoms with E-state index in [1.54, 1.807) is 0 Å². The highest BCUT2D eigenvalue weighted by Crippen LogP contribution is 2.44. The molecule has 0 aliphatic rings. The highest BCUT2D eigenvalue weighted by molar-refractivity contribution is 7.25. The summed E-state index contributed by atoms with van der Waals surface area (Å²) in [7, 11) is 0. The third kappa shape index (κ3) is 4.00. The predicted octanol–water partition coefficient (Wildman–Crippen LogP) is 13.0. The SMILES string of the molecule is c1ccc(-c2ccc3ccc4ccc(-c5ccc6ccc7c(-c8ccc9sc%10ccccc%10c9c8)ccc8ccc5c6c87)nc4c3n2)cc1. The largest absolute Gasteiger partial charge is 0.245 e. The van der Waals surface area contributed by atoms with Gasteiger partial charge in [0.1, 0.15) is 0 Å². The summed E-state index contributed by atoms with van der Waals surface area (Å²) in [6, 6.07) is 57.2. The standard InChI is InChI=1S/C46H26N2S/c1-2-6-27(7-3-1)39-23-16-30-10-11-31-17-24-40(48-46(31)45(30)47-39)34-20-13-29-14-21-36-33(19-12-28-15-22-37(34)44(29)43(28)36)32-18-25-42-38(26-32)35-8-4-5-9-41(35)49-42/h1-26H. The van der Waals surface area contributed by atoms with Gasteiger partial charge in [0.05, 0.1) is 22.4 Å². The average molecular weight is 639 g/mol. The Labute approximate surface area is 285 Å². The molecule has 3 heteroatoms. The first-order chi connectivity index (χ1) is 24.3. The second-order valence-corrected chi connectivity index (χ2v) is 14.0. The summed E-state index contributed by atoms with van der Waals surface area (Å²) < 4.78 is 2.66.